The van der Waals surface area contributed by atoms with Gasteiger partial charge in [-0.05, 0) is 36.3 Å². The summed E-state index contributed by atoms with van der Waals surface area (Å²) in [7, 11) is -2.58. The predicted molar refractivity (Wildman–Crippen MR) is 111 cm³/mol. The molecule has 0 aliphatic rings. The van der Waals surface area contributed by atoms with Gasteiger partial charge in [-0.1, -0.05) is 42.5 Å². The van der Waals surface area contributed by atoms with Gasteiger partial charge in [-0.15, -0.1) is 0 Å². The fraction of sp³-hybridized carbons (Fsp3) is 0.211. The second kappa shape index (κ2) is 9.28. The smallest absolute Gasteiger partial charge is 0.244 e. The van der Waals surface area contributed by atoms with Crippen LogP contribution in [-0.2, 0) is 34.8 Å². The van der Waals surface area contributed by atoms with Crippen LogP contribution in [0.1, 0.15) is 11.4 Å². The maximum atomic E-state index is 14.0. The van der Waals surface area contributed by atoms with Crippen molar-refractivity contribution in [3.63, 3.8) is 0 Å². The highest BCUT2D eigenvalue weighted by molar-refractivity contribution is 7.89. The minimum absolute atomic E-state index is 0.0369. The van der Waals surface area contributed by atoms with E-state index in [1.807, 2.05) is 6.07 Å². The summed E-state index contributed by atoms with van der Waals surface area (Å²) in [5.74, 6) is -0.998. The largest absolute Gasteiger partial charge is 0.347 e. The molecular formula is C19H20FN5O3S2. The molecule has 3 aromatic rings. The second-order valence-electron chi connectivity index (χ2n) is 6.52. The molecule has 0 saturated carbocycles. The number of aromatic nitrogens is 3. The molecule has 0 aliphatic carbocycles. The van der Waals surface area contributed by atoms with Gasteiger partial charge in [0.15, 0.2) is 10.6 Å². The average Bonchev–Trinajstić information content (AvgIpc) is 3.04. The first-order valence-electron chi connectivity index (χ1n) is 8.96. The normalized spacial score (nSPS) is 12.5. The molecule has 3 N–H and O–H groups in total. The molecule has 158 valence electrons. The summed E-state index contributed by atoms with van der Waals surface area (Å²) in [5.41, 5.74) is 0.743. The first-order valence-corrected chi connectivity index (χ1v) is 10.9. The number of carbonyl (C=O) groups is 1. The van der Waals surface area contributed by atoms with Crippen LogP contribution in [0, 0.1) is 10.6 Å². The van der Waals surface area contributed by atoms with Crippen LogP contribution in [0.25, 0.3) is 0 Å². The highest BCUT2D eigenvalue weighted by Gasteiger charge is 2.28. The van der Waals surface area contributed by atoms with Crippen molar-refractivity contribution in [2.45, 2.75) is 23.9 Å². The lowest BCUT2D eigenvalue weighted by molar-refractivity contribution is -0.122. The van der Waals surface area contributed by atoms with Crippen LogP contribution in [0.3, 0.4) is 0 Å². The number of hydrogen-bond acceptors (Lipinski definition) is 5. The molecule has 30 heavy (non-hydrogen) atoms. The molecule has 1 atom stereocenters. The molecule has 0 saturated heterocycles. The van der Waals surface area contributed by atoms with Crippen molar-refractivity contribution in [3.05, 3.63) is 76.6 Å². The predicted octanol–water partition coefficient (Wildman–Crippen LogP) is 1.82. The number of aromatic amines is 1. The number of benzene rings is 2. The third-order valence-electron chi connectivity index (χ3n) is 4.42. The minimum Gasteiger partial charge on any atom is -0.347 e. The molecular weight excluding hydrogens is 429 g/mol. The van der Waals surface area contributed by atoms with E-state index in [-0.39, 0.29) is 13.0 Å². The van der Waals surface area contributed by atoms with Crippen molar-refractivity contribution in [1.82, 2.24) is 24.8 Å². The van der Waals surface area contributed by atoms with Crippen molar-refractivity contribution in [1.29, 1.82) is 0 Å². The van der Waals surface area contributed by atoms with Gasteiger partial charge in [0.05, 0.1) is 6.54 Å². The summed E-state index contributed by atoms with van der Waals surface area (Å²) in [5, 5.41) is 9.27. The standard InChI is InChI=1S/C19H20FN5O3S2/c1-25-17(22-23-19(25)29)12-21-18(26)15(11-13-7-3-2-4-8-13)24-30(27,28)16-10-6-5-9-14(16)20/h2-10,15,24H,11-12H2,1H3,(H,21,26)(H,23,29). The third kappa shape index (κ3) is 5.17. The Labute approximate surface area is 178 Å². The Morgan fingerprint density at radius 2 is 1.87 bits per heavy atom. The van der Waals surface area contributed by atoms with E-state index >= 15 is 0 Å². The first kappa shape index (κ1) is 21.8. The van der Waals surface area contributed by atoms with Gasteiger partial charge in [0.1, 0.15) is 16.8 Å². The van der Waals surface area contributed by atoms with Crippen LogP contribution in [0.15, 0.2) is 59.5 Å². The van der Waals surface area contributed by atoms with E-state index in [4.69, 9.17) is 12.2 Å². The molecule has 0 fully saturated rings. The number of carbonyl (C=O) groups excluding carboxylic acids is 1. The summed E-state index contributed by atoms with van der Waals surface area (Å²) < 4.78 is 43.8. The number of halogens is 1. The van der Waals surface area contributed by atoms with E-state index in [0.29, 0.717) is 10.6 Å². The molecule has 0 bridgehead atoms. The number of rotatable bonds is 8. The molecule has 3 rings (SSSR count). The van der Waals surface area contributed by atoms with Gasteiger partial charge in [-0.2, -0.15) is 9.82 Å². The number of nitrogens with zero attached hydrogens (tertiary/aromatic N) is 2. The van der Waals surface area contributed by atoms with Crippen LogP contribution in [0.2, 0.25) is 0 Å². The lowest BCUT2D eigenvalue weighted by atomic mass is 10.1. The summed E-state index contributed by atoms with van der Waals surface area (Å²) in [6, 6.07) is 12.7. The van der Waals surface area contributed by atoms with E-state index in [9.17, 15) is 17.6 Å². The maximum Gasteiger partial charge on any atom is 0.244 e. The Morgan fingerprint density at radius 1 is 1.20 bits per heavy atom. The lowest BCUT2D eigenvalue weighted by Gasteiger charge is -2.19. The third-order valence-corrected chi connectivity index (χ3v) is 6.29. The van der Waals surface area contributed by atoms with E-state index < -0.39 is 32.7 Å². The van der Waals surface area contributed by atoms with Gasteiger partial charge in [0.25, 0.3) is 0 Å². The Balaban J connectivity index is 1.82. The highest BCUT2D eigenvalue weighted by atomic mass is 32.2. The SMILES string of the molecule is Cn1c(CNC(=O)C(Cc2ccccc2)NS(=O)(=O)c2ccccc2F)n[nH]c1=S. The molecule has 0 spiro atoms. The van der Waals surface area contributed by atoms with Gasteiger partial charge >= 0.3 is 0 Å². The monoisotopic (exact) mass is 449 g/mol. The van der Waals surface area contributed by atoms with Gasteiger partial charge in [-0.3, -0.25) is 9.89 Å². The first-order chi connectivity index (χ1) is 14.3. The highest BCUT2D eigenvalue weighted by Crippen LogP contribution is 2.15. The molecule has 1 heterocycles. The molecule has 1 amide bonds. The number of amides is 1. The van der Waals surface area contributed by atoms with E-state index in [0.717, 1.165) is 17.7 Å². The zero-order valence-electron chi connectivity index (χ0n) is 16.0. The molecule has 1 aromatic heterocycles. The summed E-state index contributed by atoms with van der Waals surface area (Å²) in [6.07, 6.45) is 0.0827. The lowest BCUT2D eigenvalue weighted by Crippen LogP contribution is -2.48. The van der Waals surface area contributed by atoms with Crippen molar-refractivity contribution in [3.8, 4) is 0 Å². The summed E-state index contributed by atoms with van der Waals surface area (Å²) >= 11 is 5.04. The van der Waals surface area contributed by atoms with Gasteiger partial charge < -0.3 is 9.88 Å². The quantitative estimate of drug-likeness (QED) is 0.455. The number of H-pyrrole nitrogens is 1. The molecule has 8 nitrogen and oxygen atoms in total. The summed E-state index contributed by atoms with van der Waals surface area (Å²) in [6.45, 7) is 0.0369. The zero-order valence-corrected chi connectivity index (χ0v) is 17.6. The van der Waals surface area contributed by atoms with Crippen molar-refractivity contribution < 1.29 is 17.6 Å². The Hall–Kier alpha value is -2.89. The minimum atomic E-state index is -4.27. The van der Waals surface area contributed by atoms with Crippen molar-refractivity contribution in [2.75, 3.05) is 0 Å². The fourth-order valence-electron chi connectivity index (χ4n) is 2.78. The molecule has 2 aromatic carbocycles. The van der Waals surface area contributed by atoms with Crippen LogP contribution in [-0.4, -0.2) is 35.1 Å². The average molecular weight is 450 g/mol. The number of hydrogen-bond donors (Lipinski definition) is 3. The fourth-order valence-corrected chi connectivity index (χ4v) is 4.20. The van der Waals surface area contributed by atoms with Crippen molar-refractivity contribution >= 4 is 28.1 Å². The summed E-state index contributed by atoms with van der Waals surface area (Å²) in [4.78, 5) is 12.3. The van der Waals surface area contributed by atoms with E-state index in [1.165, 1.54) is 12.1 Å². The number of sulfonamides is 1. The Bertz CT molecular complexity index is 1190. The van der Waals surface area contributed by atoms with Crippen LogP contribution >= 0.6 is 12.2 Å². The second-order valence-corrected chi connectivity index (χ2v) is 8.58. The zero-order chi connectivity index (χ0) is 21.7. The van der Waals surface area contributed by atoms with Gasteiger partial charge in [-0.25, -0.2) is 12.8 Å². The van der Waals surface area contributed by atoms with Crippen LogP contribution in [0.4, 0.5) is 4.39 Å². The molecule has 11 heteroatoms. The van der Waals surface area contributed by atoms with Crippen LogP contribution < -0.4 is 10.0 Å². The van der Waals surface area contributed by atoms with Crippen LogP contribution in [0.5, 0.6) is 0 Å². The topological polar surface area (TPSA) is 109 Å². The van der Waals surface area contributed by atoms with Gasteiger partial charge in [0, 0.05) is 7.05 Å². The maximum absolute atomic E-state index is 14.0. The molecule has 0 radical (unpaired) electrons. The van der Waals surface area contributed by atoms with Gasteiger partial charge in [0.2, 0.25) is 15.9 Å². The van der Waals surface area contributed by atoms with E-state index in [2.05, 4.69) is 20.2 Å². The molecule has 1 unspecified atom stereocenters. The molecule has 0 aliphatic heterocycles. The van der Waals surface area contributed by atoms with Crippen molar-refractivity contribution in [2.24, 2.45) is 7.05 Å². The van der Waals surface area contributed by atoms with E-state index in [1.54, 1.807) is 35.9 Å². The Kier molecular flexibility index (Phi) is 6.75. The number of nitrogens with one attached hydrogen (secondary N) is 3. The Morgan fingerprint density at radius 3 is 2.50 bits per heavy atom.